The van der Waals surface area contributed by atoms with Gasteiger partial charge in [-0.1, -0.05) is 6.07 Å². The second-order valence-electron chi connectivity index (χ2n) is 4.93. The van der Waals surface area contributed by atoms with Gasteiger partial charge in [0.2, 0.25) is 0 Å². The van der Waals surface area contributed by atoms with Crippen molar-refractivity contribution in [1.82, 2.24) is 4.98 Å². The number of nitrogens with two attached hydrogens (primary N) is 1. The summed E-state index contributed by atoms with van der Waals surface area (Å²) in [5.41, 5.74) is 1.83. The summed E-state index contributed by atoms with van der Waals surface area (Å²) in [4.78, 5) is 15.5. The number of anilines is 1. The van der Waals surface area contributed by atoms with Crippen LogP contribution in [0.4, 0.5) is 5.82 Å². The molecule has 0 aliphatic rings. The molecular formula is C16H17BrN3O3+. The predicted molar refractivity (Wildman–Crippen MR) is 90.4 cm³/mol. The van der Waals surface area contributed by atoms with Gasteiger partial charge >= 0.3 is 5.97 Å². The van der Waals surface area contributed by atoms with Crippen molar-refractivity contribution in [2.75, 3.05) is 5.32 Å². The van der Waals surface area contributed by atoms with E-state index in [4.69, 9.17) is 10.1 Å². The Labute approximate surface area is 142 Å². The van der Waals surface area contributed by atoms with E-state index in [1.807, 2.05) is 6.07 Å². The lowest BCUT2D eigenvalue weighted by atomic mass is 10.1. The van der Waals surface area contributed by atoms with Gasteiger partial charge in [-0.15, -0.1) is 0 Å². The zero-order valence-corrected chi connectivity index (χ0v) is 14.3. The van der Waals surface area contributed by atoms with E-state index in [9.17, 15) is 9.90 Å². The molecule has 23 heavy (non-hydrogen) atoms. The van der Waals surface area contributed by atoms with Crippen LogP contribution < -0.4 is 15.5 Å². The summed E-state index contributed by atoms with van der Waals surface area (Å²) in [5, 5.41) is 19.0. The van der Waals surface area contributed by atoms with Crippen LogP contribution in [-0.4, -0.2) is 21.8 Å². The molecule has 1 aromatic heterocycles. The molecule has 0 spiro atoms. The first-order valence-electron chi connectivity index (χ1n) is 6.86. The summed E-state index contributed by atoms with van der Waals surface area (Å²) in [7, 11) is 0. The average Bonchev–Trinajstić information content (AvgIpc) is 2.47. The first kappa shape index (κ1) is 17.0. The number of benzene rings is 1. The molecule has 0 unspecified atom stereocenters. The van der Waals surface area contributed by atoms with Crippen LogP contribution in [0.2, 0.25) is 0 Å². The third kappa shape index (κ3) is 4.29. The fraction of sp³-hybridized carbons (Fsp3) is 0.188. The highest BCUT2D eigenvalue weighted by Crippen LogP contribution is 2.29. The van der Waals surface area contributed by atoms with Crippen LogP contribution in [-0.2, 0) is 11.3 Å². The number of carbonyl (C=O) groups excluding carboxylic acids is 1. The summed E-state index contributed by atoms with van der Waals surface area (Å²) < 4.78 is 5.93. The van der Waals surface area contributed by atoms with Crippen molar-refractivity contribution < 1.29 is 20.0 Å². The predicted octanol–water partition coefficient (Wildman–Crippen LogP) is 1.66. The molecule has 0 atom stereocenters. The van der Waals surface area contributed by atoms with E-state index >= 15 is 0 Å². The summed E-state index contributed by atoms with van der Waals surface area (Å²) in [6, 6.07) is 6.61. The highest BCUT2D eigenvalue weighted by atomic mass is 79.9. The van der Waals surface area contributed by atoms with E-state index in [1.54, 1.807) is 25.3 Å². The lowest BCUT2D eigenvalue weighted by molar-refractivity contribution is -0.131. The van der Waals surface area contributed by atoms with Gasteiger partial charge in [-0.3, -0.25) is 10.2 Å². The second-order valence-corrected chi connectivity index (χ2v) is 5.85. The normalized spacial score (nSPS) is 10.2. The number of halogens is 1. The lowest BCUT2D eigenvalue weighted by Crippen LogP contribution is -2.38. The summed E-state index contributed by atoms with van der Waals surface area (Å²) in [6.07, 6.45) is 1.65. The summed E-state index contributed by atoms with van der Waals surface area (Å²) in [5.74, 6) is 0.455. The standard InChI is InChI=1S/C16H16BrN3O3/c1-9(18)12-6-11(17)7-19-16(12)20-8-13-14(22)4-3-5-15(13)23-10(2)21/h3-7,18,22H,8H2,1-2H3,(H,19,20)/p+1. The van der Waals surface area contributed by atoms with Crippen LogP contribution in [0, 0.1) is 0 Å². The second kappa shape index (κ2) is 7.23. The number of esters is 1. The van der Waals surface area contributed by atoms with E-state index in [1.165, 1.54) is 13.0 Å². The largest absolute Gasteiger partial charge is 0.507 e. The van der Waals surface area contributed by atoms with Gasteiger partial charge in [0.1, 0.15) is 17.3 Å². The zero-order chi connectivity index (χ0) is 17.0. The maximum atomic E-state index is 11.2. The number of phenolic OH excluding ortho intramolecular Hbond substituents is 1. The highest BCUT2D eigenvalue weighted by molar-refractivity contribution is 9.10. The van der Waals surface area contributed by atoms with Gasteiger partial charge in [0.05, 0.1) is 11.1 Å². The van der Waals surface area contributed by atoms with Crippen LogP contribution in [0.3, 0.4) is 0 Å². The number of carbonyl (C=O) groups is 1. The Morgan fingerprint density at radius 1 is 1.43 bits per heavy atom. The van der Waals surface area contributed by atoms with Crippen molar-refractivity contribution in [2.45, 2.75) is 20.4 Å². The minimum absolute atomic E-state index is 0.0309. The first-order chi connectivity index (χ1) is 10.9. The molecule has 6 nitrogen and oxygen atoms in total. The molecule has 0 aliphatic heterocycles. The molecule has 0 bridgehead atoms. The third-order valence-electron chi connectivity index (χ3n) is 3.07. The Kier molecular flexibility index (Phi) is 5.33. The van der Waals surface area contributed by atoms with Crippen molar-refractivity contribution >= 4 is 33.4 Å². The van der Waals surface area contributed by atoms with Gasteiger partial charge in [0.25, 0.3) is 0 Å². The number of aromatic hydroxyl groups is 1. The number of rotatable bonds is 5. The number of ether oxygens (including phenoxy) is 1. The smallest absolute Gasteiger partial charge is 0.308 e. The third-order valence-corrected chi connectivity index (χ3v) is 3.51. The minimum atomic E-state index is -0.453. The topological polar surface area (TPSA) is 97.0 Å². The van der Waals surface area contributed by atoms with Crippen molar-refractivity contribution in [3.05, 3.63) is 46.1 Å². The number of hydrogen-bond donors (Lipinski definition) is 3. The van der Waals surface area contributed by atoms with Crippen molar-refractivity contribution in [2.24, 2.45) is 0 Å². The number of pyridine rings is 1. The molecule has 7 heteroatoms. The van der Waals surface area contributed by atoms with Crippen molar-refractivity contribution in [3.8, 4) is 11.5 Å². The van der Waals surface area contributed by atoms with Gasteiger partial charge in [0.15, 0.2) is 5.71 Å². The molecule has 4 N–H and O–H groups in total. The Bertz CT molecular complexity index is 762. The van der Waals surface area contributed by atoms with Gasteiger partial charge < -0.3 is 15.2 Å². The van der Waals surface area contributed by atoms with Crippen LogP contribution in [0.15, 0.2) is 34.9 Å². The summed E-state index contributed by atoms with van der Waals surface area (Å²) in [6.45, 7) is 3.31. The highest BCUT2D eigenvalue weighted by Gasteiger charge is 2.14. The number of hydrogen-bond acceptors (Lipinski definition) is 5. The zero-order valence-electron chi connectivity index (χ0n) is 12.8. The van der Waals surface area contributed by atoms with E-state index < -0.39 is 5.97 Å². The van der Waals surface area contributed by atoms with E-state index in [0.717, 1.165) is 10.0 Å². The molecule has 0 saturated heterocycles. The monoisotopic (exact) mass is 378 g/mol. The fourth-order valence-corrected chi connectivity index (χ4v) is 2.37. The minimum Gasteiger partial charge on any atom is -0.507 e. The molecule has 1 heterocycles. The summed E-state index contributed by atoms with van der Waals surface area (Å²) >= 11 is 3.35. The Morgan fingerprint density at radius 3 is 2.83 bits per heavy atom. The van der Waals surface area contributed by atoms with Gasteiger partial charge in [0, 0.05) is 31.1 Å². The molecule has 2 rings (SSSR count). The molecule has 0 saturated carbocycles. The maximum Gasteiger partial charge on any atom is 0.308 e. The number of aromatic nitrogens is 1. The average molecular weight is 379 g/mol. The lowest BCUT2D eigenvalue weighted by Gasteiger charge is -2.13. The Morgan fingerprint density at radius 2 is 2.17 bits per heavy atom. The molecule has 2 aromatic rings. The van der Waals surface area contributed by atoms with Crippen LogP contribution in [0.25, 0.3) is 0 Å². The Hall–Kier alpha value is -2.41. The van der Waals surface area contributed by atoms with Gasteiger partial charge in [-0.2, -0.15) is 0 Å². The maximum absolute atomic E-state index is 11.2. The molecule has 0 aliphatic carbocycles. The molecule has 120 valence electrons. The van der Waals surface area contributed by atoms with Crippen LogP contribution >= 0.6 is 15.9 Å². The first-order valence-corrected chi connectivity index (χ1v) is 7.66. The molecule has 0 radical (unpaired) electrons. The van der Waals surface area contributed by atoms with E-state index in [-0.39, 0.29) is 12.3 Å². The molecule has 0 fully saturated rings. The quantitative estimate of drug-likeness (QED) is 0.417. The van der Waals surface area contributed by atoms with E-state index in [2.05, 4.69) is 26.2 Å². The van der Waals surface area contributed by atoms with Crippen molar-refractivity contribution in [3.63, 3.8) is 0 Å². The Balaban J connectivity index is 2.28. The van der Waals surface area contributed by atoms with Gasteiger partial charge in [-0.25, -0.2) is 4.98 Å². The fourth-order valence-electron chi connectivity index (χ4n) is 2.04. The number of nitrogens with zero attached hydrogens (tertiary/aromatic N) is 1. The number of nitrogens with one attached hydrogen (secondary N) is 1. The van der Waals surface area contributed by atoms with Crippen LogP contribution in [0.5, 0.6) is 11.5 Å². The number of phenols is 1. The molecular weight excluding hydrogens is 362 g/mol. The molecule has 0 amide bonds. The molecule has 1 aromatic carbocycles. The SMILES string of the molecule is CC(=[NH2+])c1cc(Br)cnc1NCc1c(O)cccc1OC(C)=O. The van der Waals surface area contributed by atoms with Crippen molar-refractivity contribution in [1.29, 1.82) is 0 Å². The van der Waals surface area contributed by atoms with E-state index in [0.29, 0.717) is 22.8 Å². The van der Waals surface area contributed by atoms with Crippen LogP contribution in [0.1, 0.15) is 25.0 Å². The van der Waals surface area contributed by atoms with Gasteiger partial charge in [-0.05, 0) is 34.1 Å².